The third-order valence-corrected chi connectivity index (χ3v) is 2.10. The smallest absolute Gasteiger partial charge is 0.279 e. The molecular formula is C11H10N6O2. The van der Waals surface area contributed by atoms with Gasteiger partial charge >= 0.3 is 6.03 Å². The van der Waals surface area contributed by atoms with Crippen molar-refractivity contribution in [3.05, 3.63) is 56.2 Å². The molecule has 0 aliphatic rings. The van der Waals surface area contributed by atoms with Gasteiger partial charge in [0.25, 0.3) is 0 Å². The molecule has 3 heterocycles. The number of carbonyl (C=O) groups is 2. The Bertz CT molecular complexity index is 576. The number of rotatable bonds is 1. The van der Waals surface area contributed by atoms with Gasteiger partial charge in [0, 0.05) is 37.2 Å². The lowest BCUT2D eigenvalue weighted by atomic mass is 10.8. The molecule has 19 heavy (non-hydrogen) atoms. The molecule has 8 heteroatoms. The number of nitrogens with zero attached hydrogens (tertiary/aromatic N) is 6. The van der Waals surface area contributed by atoms with Crippen LogP contribution in [0.2, 0.25) is 0 Å². The van der Waals surface area contributed by atoms with E-state index in [9.17, 15) is 9.59 Å². The van der Waals surface area contributed by atoms with Crippen molar-refractivity contribution in [1.82, 2.24) is 28.7 Å². The topological polar surface area (TPSA) is 87.6 Å². The van der Waals surface area contributed by atoms with E-state index in [1.165, 1.54) is 32.7 Å². The fourth-order valence-electron chi connectivity index (χ4n) is 1.21. The van der Waals surface area contributed by atoms with Crippen LogP contribution in [0.15, 0.2) is 56.2 Å². The zero-order valence-electron chi connectivity index (χ0n) is 9.77. The number of hydrogen-bond acceptors (Lipinski definition) is 5. The average molecular weight is 258 g/mol. The molecule has 0 aromatic carbocycles. The maximum Gasteiger partial charge on any atom is 0.338 e. The van der Waals surface area contributed by atoms with E-state index >= 15 is 0 Å². The summed E-state index contributed by atoms with van der Waals surface area (Å²) in [7, 11) is 0. The Kier molecular flexibility index (Phi) is 3.96. The van der Waals surface area contributed by atoms with E-state index in [0.717, 1.165) is 0 Å². The van der Waals surface area contributed by atoms with Crippen LogP contribution in [0.5, 0.6) is 0 Å². The Hall–Kier alpha value is -3.03. The number of carbonyl (C=O) groups excluding carboxylic acids is 2. The molecule has 0 aliphatic carbocycles. The van der Waals surface area contributed by atoms with Crippen molar-refractivity contribution in [2.75, 3.05) is 0 Å². The fourth-order valence-corrected chi connectivity index (χ4v) is 1.21. The second kappa shape index (κ2) is 6.05. The van der Waals surface area contributed by atoms with E-state index in [1.807, 2.05) is 0 Å². The van der Waals surface area contributed by atoms with E-state index in [0.29, 0.717) is 6.41 Å². The maximum absolute atomic E-state index is 11.4. The van der Waals surface area contributed by atoms with Crippen LogP contribution in [-0.2, 0) is 4.79 Å². The van der Waals surface area contributed by atoms with Crippen LogP contribution in [0.3, 0.4) is 0 Å². The molecule has 0 N–H and O–H groups in total. The highest BCUT2D eigenvalue weighted by Crippen LogP contribution is 1.92. The van der Waals surface area contributed by atoms with Gasteiger partial charge in [0.1, 0.15) is 19.0 Å². The average Bonchev–Trinajstić information content (AvgIpc) is 3.19. The molecule has 96 valence electrons. The van der Waals surface area contributed by atoms with Crippen LogP contribution >= 0.6 is 0 Å². The van der Waals surface area contributed by atoms with Gasteiger partial charge in [-0.1, -0.05) is 0 Å². The number of imidazole rings is 3. The fraction of sp³-hybridized carbons (Fsp3) is 0. The lowest BCUT2D eigenvalue weighted by molar-refractivity contribution is 0.244. The molecule has 0 bridgehead atoms. The third-order valence-electron chi connectivity index (χ3n) is 2.10. The Morgan fingerprint density at radius 3 is 1.68 bits per heavy atom. The predicted molar refractivity (Wildman–Crippen MR) is 65.0 cm³/mol. The molecular weight excluding hydrogens is 248 g/mol. The molecule has 0 aliphatic heterocycles. The van der Waals surface area contributed by atoms with Crippen LogP contribution in [0, 0.1) is 0 Å². The van der Waals surface area contributed by atoms with E-state index < -0.39 is 0 Å². The highest BCUT2D eigenvalue weighted by atomic mass is 16.2. The first-order chi connectivity index (χ1) is 9.31. The van der Waals surface area contributed by atoms with Gasteiger partial charge in [0.2, 0.25) is 6.41 Å². The molecule has 3 aromatic heterocycles. The van der Waals surface area contributed by atoms with E-state index in [2.05, 4.69) is 15.0 Å². The highest BCUT2D eigenvalue weighted by molar-refractivity contribution is 5.78. The Balaban J connectivity index is 0.000000163. The van der Waals surface area contributed by atoms with Gasteiger partial charge in [-0.3, -0.25) is 18.5 Å². The minimum Gasteiger partial charge on any atom is -0.279 e. The minimum atomic E-state index is -0.190. The van der Waals surface area contributed by atoms with Gasteiger partial charge in [0.05, 0.1) is 0 Å². The van der Waals surface area contributed by atoms with Crippen molar-refractivity contribution in [1.29, 1.82) is 0 Å². The SMILES string of the molecule is O=C(n1ccnc1)n1ccnc1.O=Cn1ccnc1. The van der Waals surface area contributed by atoms with Crippen molar-refractivity contribution in [2.24, 2.45) is 0 Å². The predicted octanol–water partition coefficient (Wildman–Crippen LogP) is 0.517. The Morgan fingerprint density at radius 1 is 0.842 bits per heavy atom. The molecule has 0 unspecified atom stereocenters. The molecule has 0 spiro atoms. The zero-order valence-corrected chi connectivity index (χ0v) is 9.77. The number of aromatic nitrogens is 6. The van der Waals surface area contributed by atoms with Gasteiger partial charge in [-0.25, -0.2) is 19.7 Å². The number of hydrogen-bond donors (Lipinski definition) is 0. The van der Waals surface area contributed by atoms with Crippen LogP contribution < -0.4 is 0 Å². The van der Waals surface area contributed by atoms with Gasteiger partial charge in [-0.05, 0) is 0 Å². The molecule has 8 nitrogen and oxygen atoms in total. The summed E-state index contributed by atoms with van der Waals surface area (Å²) in [5.74, 6) is 0. The van der Waals surface area contributed by atoms with E-state index in [1.54, 1.807) is 37.2 Å². The van der Waals surface area contributed by atoms with E-state index in [4.69, 9.17) is 0 Å². The molecule has 0 saturated heterocycles. The first-order valence-corrected chi connectivity index (χ1v) is 5.24. The van der Waals surface area contributed by atoms with Crippen molar-refractivity contribution in [3.8, 4) is 0 Å². The monoisotopic (exact) mass is 258 g/mol. The maximum atomic E-state index is 11.4. The summed E-state index contributed by atoms with van der Waals surface area (Å²) < 4.78 is 4.09. The second-order valence-corrected chi connectivity index (χ2v) is 3.34. The van der Waals surface area contributed by atoms with Crippen LogP contribution in [0.25, 0.3) is 0 Å². The lowest BCUT2D eigenvalue weighted by Crippen LogP contribution is -2.15. The van der Waals surface area contributed by atoms with E-state index in [-0.39, 0.29) is 6.03 Å². The van der Waals surface area contributed by atoms with Crippen molar-refractivity contribution >= 4 is 12.4 Å². The summed E-state index contributed by atoms with van der Waals surface area (Å²) in [5, 5.41) is 0. The van der Waals surface area contributed by atoms with Crippen LogP contribution in [0.4, 0.5) is 4.79 Å². The third kappa shape index (κ3) is 3.22. The minimum absolute atomic E-state index is 0.190. The second-order valence-electron chi connectivity index (χ2n) is 3.34. The summed E-state index contributed by atoms with van der Waals surface area (Å²) in [6.45, 7) is 0. The van der Waals surface area contributed by atoms with Crippen LogP contribution in [0.1, 0.15) is 0 Å². The van der Waals surface area contributed by atoms with Gasteiger partial charge in [-0.2, -0.15) is 0 Å². The first-order valence-electron chi connectivity index (χ1n) is 5.24. The molecule has 0 radical (unpaired) electrons. The Labute approximate surface area is 108 Å². The van der Waals surface area contributed by atoms with Crippen molar-refractivity contribution in [2.45, 2.75) is 0 Å². The van der Waals surface area contributed by atoms with Gasteiger partial charge in [0.15, 0.2) is 0 Å². The summed E-state index contributed by atoms with van der Waals surface area (Å²) in [5.41, 5.74) is 0. The molecule has 0 saturated carbocycles. The summed E-state index contributed by atoms with van der Waals surface area (Å²) in [6, 6.07) is -0.190. The van der Waals surface area contributed by atoms with Gasteiger partial charge in [-0.15, -0.1) is 0 Å². The molecule has 0 atom stereocenters. The summed E-state index contributed by atoms with van der Waals surface area (Å²) in [6.07, 6.45) is 14.4. The molecule has 3 aromatic rings. The largest absolute Gasteiger partial charge is 0.338 e. The molecule has 3 rings (SSSR count). The summed E-state index contributed by atoms with van der Waals surface area (Å²) >= 11 is 0. The Morgan fingerprint density at radius 2 is 1.37 bits per heavy atom. The zero-order chi connectivity index (χ0) is 13.5. The lowest BCUT2D eigenvalue weighted by Gasteiger charge is -1.98. The van der Waals surface area contributed by atoms with Crippen LogP contribution in [-0.4, -0.2) is 41.1 Å². The highest BCUT2D eigenvalue weighted by Gasteiger charge is 2.03. The standard InChI is InChI=1S/C7H6N4O.C4H4N2O/c12-7(10-3-1-8-5-10)11-4-2-9-6-11;7-4-6-2-1-5-3-6/h1-6H;1-4H. The molecule has 0 amide bonds. The van der Waals surface area contributed by atoms with Crippen molar-refractivity contribution in [3.63, 3.8) is 0 Å². The van der Waals surface area contributed by atoms with Crippen molar-refractivity contribution < 1.29 is 9.59 Å². The van der Waals surface area contributed by atoms with Gasteiger partial charge < -0.3 is 0 Å². The summed E-state index contributed by atoms with van der Waals surface area (Å²) in [4.78, 5) is 32.4. The molecule has 0 fully saturated rings. The normalized spacial score (nSPS) is 9.47. The first kappa shape index (κ1) is 12.4. The quantitative estimate of drug-likeness (QED) is 0.594.